The molecule has 1 rings (SSSR count). The zero-order chi connectivity index (χ0) is 11.8. The highest BCUT2D eigenvalue weighted by Gasteiger charge is 2.21. The van der Waals surface area contributed by atoms with E-state index in [-0.39, 0.29) is 6.42 Å². The van der Waals surface area contributed by atoms with E-state index in [1.807, 2.05) is 0 Å². The summed E-state index contributed by atoms with van der Waals surface area (Å²) >= 11 is 0. The lowest BCUT2D eigenvalue weighted by atomic mass is 10.1. The predicted octanol–water partition coefficient (Wildman–Crippen LogP) is 0.589. The molecule has 0 aromatic rings. The van der Waals surface area contributed by atoms with Crippen molar-refractivity contribution in [1.82, 2.24) is 4.90 Å². The van der Waals surface area contributed by atoms with Crippen molar-refractivity contribution in [3.05, 3.63) is 0 Å². The van der Waals surface area contributed by atoms with E-state index in [0.29, 0.717) is 19.2 Å². The number of methoxy groups -OCH3 is 1. The summed E-state index contributed by atoms with van der Waals surface area (Å²) in [6, 6.07) is 0.447. The van der Waals surface area contributed by atoms with E-state index >= 15 is 0 Å². The number of aliphatic carboxylic acids is 1. The van der Waals surface area contributed by atoms with Crippen LogP contribution in [0.4, 0.5) is 0 Å². The van der Waals surface area contributed by atoms with Crippen LogP contribution >= 0.6 is 0 Å². The van der Waals surface area contributed by atoms with Gasteiger partial charge in [-0.3, -0.25) is 9.69 Å². The van der Waals surface area contributed by atoms with Crippen LogP contribution in [0.3, 0.4) is 0 Å². The molecule has 5 nitrogen and oxygen atoms in total. The van der Waals surface area contributed by atoms with E-state index in [2.05, 4.69) is 4.90 Å². The van der Waals surface area contributed by atoms with Crippen LogP contribution in [0.15, 0.2) is 0 Å². The Kier molecular flexibility index (Phi) is 6.37. The Morgan fingerprint density at radius 1 is 1.44 bits per heavy atom. The molecule has 0 unspecified atom stereocenters. The van der Waals surface area contributed by atoms with E-state index < -0.39 is 5.97 Å². The molecule has 0 aromatic heterocycles. The first-order valence-corrected chi connectivity index (χ1v) is 5.76. The van der Waals surface area contributed by atoms with E-state index in [1.54, 1.807) is 7.11 Å². The normalized spacial score (nSPS) is 17.9. The largest absolute Gasteiger partial charge is 0.481 e. The number of rotatable bonds is 7. The number of ether oxygens (including phenoxy) is 2. The first-order chi connectivity index (χ1) is 7.74. The van der Waals surface area contributed by atoms with E-state index in [1.165, 1.54) is 0 Å². The molecule has 1 aliphatic rings. The fourth-order valence-corrected chi connectivity index (χ4v) is 1.98. The minimum absolute atomic E-state index is 0.196. The van der Waals surface area contributed by atoms with Crippen molar-refractivity contribution >= 4 is 5.97 Å². The maximum atomic E-state index is 10.6. The number of carboxylic acids is 1. The van der Waals surface area contributed by atoms with Crippen molar-refractivity contribution in [3.63, 3.8) is 0 Å². The number of carbonyl (C=O) groups is 1. The average molecular weight is 231 g/mol. The molecule has 1 aliphatic heterocycles. The fraction of sp³-hybridized carbons (Fsp3) is 0.909. The lowest BCUT2D eigenvalue weighted by Gasteiger charge is -2.33. The van der Waals surface area contributed by atoms with E-state index in [9.17, 15) is 4.79 Å². The Labute approximate surface area is 96.3 Å². The standard InChI is InChI=1S/C11H21NO4/c1-15-9-6-12(5-2-11(13)14)10-3-7-16-8-4-10/h10H,2-9H2,1H3,(H,13,14). The maximum Gasteiger partial charge on any atom is 0.304 e. The lowest BCUT2D eigenvalue weighted by Crippen LogP contribution is -2.42. The predicted molar refractivity (Wildman–Crippen MR) is 59.5 cm³/mol. The molecule has 0 radical (unpaired) electrons. The fourth-order valence-electron chi connectivity index (χ4n) is 1.98. The van der Waals surface area contributed by atoms with E-state index in [4.69, 9.17) is 14.6 Å². The first-order valence-electron chi connectivity index (χ1n) is 5.76. The van der Waals surface area contributed by atoms with Gasteiger partial charge in [0.25, 0.3) is 0 Å². The molecular weight excluding hydrogens is 210 g/mol. The Morgan fingerprint density at radius 3 is 2.69 bits per heavy atom. The zero-order valence-corrected chi connectivity index (χ0v) is 9.85. The third kappa shape index (κ3) is 4.92. The molecule has 0 amide bonds. The van der Waals surface area contributed by atoms with Gasteiger partial charge in [0.05, 0.1) is 13.0 Å². The van der Waals surface area contributed by atoms with Crippen molar-refractivity contribution in [3.8, 4) is 0 Å². The van der Waals surface area contributed by atoms with Gasteiger partial charge in [-0.1, -0.05) is 0 Å². The van der Waals surface area contributed by atoms with Gasteiger partial charge in [-0.05, 0) is 12.8 Å². The van der Waals surface area contributed by atoms with Gasteiger partial charge >= 0.3 is 5.97 Å². The number of hydrogen-bond acceptors (Lipinski definition) is 4. The summed E-state index contributed by atoms with van der Waals surface area (Å²) < 4.78 is 10.4. The maximum absolute atomic E-state index is 10.6. The van der Waals surface area contributed by atoms with Crippen LogP contribution in [0, 0.1) is 0 Å². The number of hydrogen-bond donors (Lipinski definition) is 1. The summed E-state index contributed by atoms with van der Waals surface area (Å²) in [7, 11) is 1.67. The molecule has 0 bridgehead atoms. The zero-order valence-electron chi connectivity index (χ0n) is 9.85. The highest BCUT2D eigenvalue weighted by atomic mass is 16.5. The second-order valence-electron chi connectivity index (χ2n) is 4.02. The molecule has 0 saturated carbocycles. The molecule has 1 saturated heterocycles. The first kappa shape index (κ1) is 13.4. The van der Waals surface area contributed by atoms with Crippen LogP contribution in [0.2, 0.25) is 0 Å². The second-order valence-corrected chi connectivity index (χ2v) is 4.02. The Morgan fingerprint density at radius 2 is 2.12 bits per heavy atom. The summed E-state index contributed by atoms with van der Waals surface area (Å²) in [5.41, 5.74) is 0. The van der Waals surface area contributed by atoms with Gasteiger partial charge in [0.15, 0.2) is 0 Å². The minimum Gasteiger partial charge on any atom is -0.481 e. The smallest absolute Gasteiger partial charge is 0.304 e. The molecule has 1 N–H and O–H groups in total. The molecule has 5 heteroatoms. The third-order valence-corrected chi connectivity index (χ3v) is 2.90. The summed E-state index contributed by atoms with van der Waals surface area (Å²) in [5.74, 6) is -0.741. The molecule has 16 heavy (non-hydrogen) atoms. The SMILES string of the molecule is COCCN(CCC(=O)O)C1CCOCC1. The van der Waals surface area contributed by atoms with Gasteiger partial charge in [0, 0.05) is 39.5 Å². The number of carboxylic acid groups (broad SMARTS) is 1. The van der Waals surface area contributed by atoms with Gasteiger partial charge in [-0.15, -0.1) is 0 Å². The van der Waals surface area contributed by atoms with Crippen molar-refractivity contribution in [1.29, 1.82) is 0 Å². The van der Waals surface area contributed by atoms with Crippen LogP contribution in [-0.2, 0) is 14.3 Å². The van der Waals surface area contributed by atoms with Gasteiger partial charge in [-0.25, -0.2) is 0 Å². The van der Waals surface area contributed by atoms with Crippen LogP contribution in [-0.4, -0.2) is 62.0 Å². The topological polar surface area (TPSA) is 59.0 Å². The highest BCUT2D eigenvalue weighted by Crippen LogP contribution is 2.14. The van der Waals surface area contributed by atoms with Gasteiger partial charge in [0.2, 0.25) is 0 Å². The molecule has 94 valence electrons. The van der Waals surface area contributed by atoms with E-state index in [0.717, 1.165) is 32.6 Å². The second kappa shape index (κ2) is 7.60. The van der Waals surface area contributed by atoms with Crippen LogP contribution in [0.5, 0.6) is 0 Å². The molecule has 0 spiro atoms. The van der Waals surface area contributed by atoms with Crippen molar-refractivity contribution in [2.24, 2.45) is 0 Å². The third-order valence-electron chi connectivity index (χ3n) is 2.90. The molecule has 1 fully saturated rings. The van der Waals surface area contributed by atoms with Crippen molar-refractivity contribution in [2.45, 2.75) is 25.3 Å². The quantitative estimate of drug-likeness (QED) is 0.695. The molecule has 0 aromatic carbocycles. The van der Waals surface area contributed by atoms with Gasteiger partial charge in [0.1, 0.15) is 0 Å². The average Bonchev–Trinajstić information content (AvgIpc) is 2.30. The molecule has 1 heterocycles. The van der Waals surface area contributed by atoms with Crippen LogP contribution in [0.1, 0.15) is 19.3 Å². The van der Waals surface area contributed by atoms with Gasteiger partial charge < -0.3 is 14.6 Å². The minimum atomic E-state index is -0.741. The van der Waals surface area contributed by atoms with Crippen LogP contribution in [0.25, 0.3) is 0 Å². The summed E-state index contributed by atoms with van der Waals surface area (Å²) in [5, 5.41) is 8.70. The van der Waals surface area contributed by atoms with Crippen LogP contribution < -0.4 is 0 Å². The lowest BCUT2D eigenvalue weighted by molar-refractivity contribution is -0.137. The van der Waals surface area contributed by atoms with Gasteiger partial charge in [-0.2, -0.15) is 0 Å². The van der Waals surface area contributed by atoms with Crippen molar-refractivity contribution < 1.29 is 19.4 Å². The molecule has 0 aliphatic carbocycles. The number of nitrogens with zero attached hydrogens (tertiary/aromatic N) is 1. The van der Waals surface area contributed by atoms with Crippen molar-refractivity contribution in [2.75, 3.05) is 40.0 Å². The summed E-state index contributed by atoms with van der Waals surface area (Å²) in [6.45, 7) is 3.61. The summed E-state index contributed by atoms with van der Waals surface area (Å²) in [6.07, 6.45) is 2.17. The highest BCUT2D eigenvalue weighted by molar-refractivity contribution is 5.66. The monoisotopic (exact) mass is 231 g/mol. The molecular formula is C11H21NO4. The Bertz CT molecular complexity index is 204. The Hall–Kier alpha value is -0.650. The Balaban J connectivity index is 2.37. The summed E-state index contributed by atoms with van der Waals surface area (Å²) in [4.78, 5) is 12.8. The molecule has 0 atom stereocenters.